The Hall–Kier alpha value is -3.17. The Labute approximate surface area is 212 Å². The van der Waals surface area contributed by atoms with E-state index in [1.165, 1.54) is 12.1 Å². The summed E-state index contributed by atoms with van der Waals surface area (Å²) in [5.41, 5.74) is 2.03. The van der Waals surface area contributed by atoms with Crippen LogP contribution in [0.1, 0.15) is 40.0 Å². The van der Waals surface area contributed by atoms with Crippen LogP contribution in [0.3, 0.4) is 0 Å². The second kappa shape index (κ2) is 11.3. The summed E-state index contributed by atoms with van der Waals surface area (Å²) in [6, 6.07) is 17.4. The summed E-state index contributed by atoms with van der Waals surface area (Å²) in [6.07, 6.45) is -4.37. The zero-order chi connectivity index (χ0) is 25.7. The molecule has 0 spiro atoms. The molecule has 0 saturated carbocycles. The molecule has 0 unspecified atom stereocenters. The van der Waals surface area contributed by atoms with Crippen molar-refractivity contribution in [2.45, 2.75) is 30.6 Å². The number of rotatable bonds is 8. The number of anilines is 1. The molecule has 0 aliphatic carbocycles. The van der Waals surface area contributed by atoms with E-state index in [1.807, 2.05) is 29.2 Å². The number of hydrogen-bond donors (Lipinski definition) is 2. The Balaban J connectivity index is 1.45. The van der Waals surface area contributed by atoms with Gasteiger partial charge in [0.2, 0.25) is 0 Å². The molecule has 1 atom stereocenters. The Morgan fingerprint density at radius 1 is 1.11 bits per heavy atom. The van der Waals surface area contributed by atoms with Crippen LogP contribution in [0.4, 0.5) is 18.9 Å². The van der Waals surface area contributed by atoms with E-state index in [-0.39, 0.29) is 12.5 Å². The monoisotopic (exact) mass is 516 g/mol. The Morgan fingerprint density at radius 3 is 2.47 bits per heavy atom. The van der Waals surface area contributed by atoms with Crippen LogP contribution in [0.15, 0.2) is 71.6 Å². The minimum absolute atomic E-state index is 0.242. The summed E-state index contributed by atoms with van der Waals surface area (Å²) in [5.74, 6) is 1.15. The lowest BCUT2D eigenvalue weighted by molar-refractivity contribution is -0.137. The van der Waals surface area contributed by atoms with Crippen LogP contribution in [0, 0.1) is 0 Å². The first kappa shape index (κ1) is 25.9. The van der Waals surface area contributed by atoms with Gasteiger partial charge in [-0.3, -0.25) is 4.79 Å². The molecule has 1 aliphatic heterocycles. The van der Waals surface area contributed by atoms with Crippen LogP contribution in [-0.4, -0.2) is 36.5 Å². The van der Waals surface area contributed by atoms with Crippen LogP contribution < -0.4 is 15.0 Å². The van der Waals surface area contributed by atoms with Crippen molar-refractivity contribution in [2.75, 3.05) is 30.4 Å². The summed E-state index contributed by atoms with van der Waals surface area (Å²) in [4.78, 5) is 16.1. The number of alkyl halides is 3. The van der Waals surface area contributed by atoms with Crippen LogP contribution >= 0.6 is 11.8 Å². The number of nitrogens with zero attached hydrogens (tertiary/aromatic N) is 1. The molecule has 0 bridgehead atoms. The van der Waals surface area contributed by atoms with Gasteiger partial charge in [-0.2, -0.15) is 13.2 Å². The standard InChI is InChI=1S/C27H27F3N2O3S/c1-2-36-22-10-5-19(6-11-22)23(17-33)31-26(34)20-7-12-24-25(15-20)35-14-13-32(24)16-18-3-8-21(9-4-18)27(28,29)30/h3-12,15,23,33H,2,13-14,16-17H2,1H3,(H,31,34)/t23-/m0/s1. The molecular weight excluding hydrogens is 489 g/mol. The average Bonchev–Trinajstić information content (AvgIpc) is 2.87. The lowest BCUT2D eigenvalue weighted by Gasteiger charge is -2.31. The van der Waals surface area contributed by atoms with Crippen molar-refractivity contribution in [2.24, 2.45) is 0 Å². The summed E-state index contributed by atoms with van der Waals surface area (Å²) in [7, 11) is 0. The van der Waals surface area contributed by atoms with Gasteiger partial charge in [0.15, 0.2) is 0 Å². The predicted octanol–water partition coefficient (Wildman–Crippen LogP) is 5.68. The van der Waals surface area contributed by atoms with E-state index in [4.69, 9.17) is 4.74 Å². The highest BCUT2D eigenvalue weighted by Gasteiger charge is 2.30. The SMILES string of the molecule is CCSc1ccc([C@H](CO)NC(=O)c2ccc3c(c2)OCCN3Cc2ccc(C(F)(F)F)cc2)cc1. The minimum atomic E-state index is -4.37. The number of hydrogen-bond acceptors (Lipinski definition) is 5. The van der Waals surface area contributed by atoms with E-state index < -0.39 is 17.8 Å². The second-order valence-corrected chi connectivity index (χ2v) is 9.70. The maximum atomic E-state index is 12.9. The topological polar surface area (TPSA) is 61.8 Å². The minimum Gasteiger partial charge on any atom is -0.490 e. The molecule has 9 heteroatoms. The highest BCUT2D eigenvalue weighted by atomic mass is 32.2. The van der Waals surface area contributed by atoms with Crippen LogP contribution in [-0.2, 0) is 12.7 Å². The molecule has 1 aliphatic rings. The van der Waals surface area contributed by atoms with E-state index in [9.17, 15) is 23.1 Å². The largest absolute Gasteiger partial charge is 0.490 e. The third-order valence-electron chi connectivity index (χ3n) is 5.92. The number of fused-ring (bicyclic) bond motifs is 1. The van der Waals surface area contributed by atoms with Crippen molar-refractivity contribution in [1.82, 2.24) is 5.32 Å². The summed E-state index contributed by atoms with van der Waals surface area (Å²) < 4.78 is 44.3. The smallest absolute Gasteiger partial charge is 0.416 e. The van der Waals surface area contributed by atoms with Gasteiger partial charge >= 0.3 is 6.18 Å². The van der Waals surface area contributed by atoms with E-state index >= 15 is 0 Å². The first-order valence-electron chi connectivity index (χ1n) is 11.6. The van der Waals surface area contributed by atoms with E-state index in [1.54, 1.807) is 30.0 Å². The summed E-state index contributed by atoms with van der Waals surface area (Å²) >= 11 is 1.72. The normalized spacial score (nSPS) is 14.1. The number of ether oxygens (including phenoxy) is 1. The fourth-order valence-corrected chi connectivity index (χ4v) is 4.70. The fourth-order valence-electron chi connectivity index (χ4n) is 4.04. The molecule has 4 rings (SSSR count). The van der Waals surface area contributed by atoms with Crippen molar-refractivity contribution in [1.29, 1.82) is 0 Å². The number of aliphatic hydroxyl groups excluding tert-OH is 1. The average molecular weight is 517 g/mol. The molecule has 1 amide bonds. The number of aliphatic hydroxyl groups is 1. The molecule has 2 N–H and O–H groups in total. The first-order chi connectivity index (χ1) is 17.3. The molecule has 3 aromatic rings. The van der Waals surface area contributed by atoms with Crippen molar-refractivity contribution in [3.63, 3.8) is 0 Å². The molecule has 190 valence electrons. The molecule has 5 nitrogen and oxygen atoms in total. The molecule has 0 aromatic heterocycles. The number of carbonyl (C=O) groups excluding carboxylic acids is 1. The first-order valence-corrected chi connectivity index (χ1v) is 12.6. The molecule has 3 aromatic carbocycles. The van der Waals surface area contributed by atoms with Crippen LogP contribution in [0.2, 0.25) is 0 Å². The van der Waals surface area contributed by atoms with Crippen molar-refractivity contribution in [3.8, 4) is 5.75 Å². The number of amides is 1. The highest BCUT2D eigenvalue weighted by molar-refractivity contribution is 7.99. The van der Waals surface area contributed by atoms with Crippen molar-refractivity contribution < 1.29 is 27.8 Å². The summed E-state index contributed by atoms with van der Waals surface area (Å²) in [6.45, 7) is 3.21. The molecule has 0 radical (unpaired) electrons. The Morgan fingerprint density at radius 2 is 1.83 bits per heavy atom. The third-order valence-corrected chi connectivity index (χ3v) is 6.81. The number of nitrogens with one attached hydrogen (secondary N) is 1. The van der Waals surface area contributed by atoms with Gasteiger partial charge in [0.25, 0.3) is 5.91 Å². The van der Waals surface area contributed by atoms with Crippen molar-refractivity contribution >= 4 is 23.4 Å². The lowest BCUT2D eigenvalue weighted by Crippen LogP contribution is -2.33. The second-order valence-electron chi connectivity index (χ2n) is 8.36. The van der Waals surface area contributed by atoms with E-state index in [0.717, 1.165) is 39.6 Å². The third kappa shape index (κ3) is 6.14. The van der Waals surface area contributed by atoms with Crippen LogP contribution in [0.5, 0.6) is 5.75 Å². The molecular formula is C27H27F3N2O3S. The van der Waals surface area contributed by atoms with Gasteiger partial charge in [-0.1, -0.05) is 31.2 Å². The molecule has 0 fully saturated rings. The fraction of sp³-hybridized carbons (Fsp3) is 0.296. The molecule has 0 saturated heterocycles. The number of halogens is 3. The highest BCUT2D eigenvalue weighted by Crippen LogP contribution is 2.34. The predicted molar refractivity (Wildman–Crippen MR) is 135 cm³/mol. The molecule has 36 heavy (non-hydrogen) atoms. The van der Waals surface area contributed by atoms with Gasteiger partial charge in [-0.05, 0) is 59.3 Å². The van der Waals surface area contributed by atoms with Gasteiger partial charge in [0.05, 0.1) is 30.4 Å². The number of benzene rings is 3. The summed E-state index contributed by atoms with van der Waals surface area (Å²) in [5, 5.41) is 12.7. The number of carbonyl (C=O) groups is 1. The zero-order valence-electron chi connectivity index (χ0n) is 19.7. The van der Waals surface area contributed by atoms with E-state index in [0.29, 0.717) is 31.0 Å². The van der Waals surface area contributed by atoms with Gasteiger partial charge in [0, 0.05) is 17.0 Å². The maximum Gasteiger partial charge on any atom is 0.416 e. The molecule has 1 heterocycles. The van der Waals surface area contributed by atoms with E-state index in [2.05, 4.69) is 12.2 Å². The van der Waals surface area contributed by atoms with Crippen LogP contribution in [0.25, 0.3) is 0 Å². The van der Waals surface area contributed by atoms with Gasteiger partial charge in [0.1, 0.15) is 12.4 Å². The lowest BCUT2D eigenvalue weighted by atomic mass is 10.1. The Bertz CT molecular complexity index is 1180. The number of thioether (sulfide) groups is 1. The quantitative estimate of drug-likeness (QED) is 0.377. The maximum absolute atomic E-state index is 12.9. The Kier molecular flexibility index (Phi) is 8.11. The van der Waals surface area contributed by atoms with Gasteiger partial charge in [-0.25, -0.2) is 0 Å². The van der Waals surface area contributed by atoms with Gasteiger partial charge < -0.3 is 20.1 Å². The van der Waals surface area contributed by atoms with Crippen molar-refractivity contribution in [3.05, 3.63) is 89.0 Å². The zero-order valence-corrected chi connectivity index (χ0v) is 20.5. The van der Waals surface area contributed by atoms with Gasteiger partial charge in [-0.15, -0.1) is 11.8 Å².